The Morgan fingerprint density at radius 1 is 1.44 bits per heavy atom. The quantitative estimate of drug-likeness (QED) is 0.846. The van der Waals surface area contributed by atoms with Crippen LogP contribution >= 0.6 is 0 Å². The predicted molar refractivity (Wildman–Crippen MR) is 66.5 cm³/mol. The van der Waals surface area contributed by atoms with Crippen LogP contribution in [-0.4, -0.2) is 22.4 Å². The smallest absolute Gasteiger partial charge is 0.0492 e. The first-order chi connectivity index (χ1) is 7.77. The minimum atomic E-state index is 0.687. The van der Waals surface area contributed by atoms with Crippen molar-refractivity contribution in [2.45, 2.75) is 52.1 Å². The van der Waals surface area contributed by atoms with Crippen LogP contribution in [-0.2, 0) is 6.54 Å². The maximum atomic E-state index is 4.38. The summed E-state index contributed by atoms with van der Waals surface area (Å²) >= 11 is 0. The van der Waals surface area contributed by atoms with Crippen LogP contribution in [0.2, 0.25) is 0 Å². The molecule has 1 heterocycles. The number of hydrogen-bond acceptors (Lipinski definition) is 2. The Morgan fingerprint density at radius 2 is 2.25 bits per heavy atom. The van der Waals surface area contributed by atoms with Crippen molar-refractivity contribution in [2.75, 3.05) is 6.54 Å². The van der Waals surface area contributed by atoms with Gasteiger partial charge in [0.2, 0.25) is 0 Å². The summed E-state index contributed by atoms with van der Waals surface area (Å²) in [5, 5.41) is 7.97. The van der Waals surface area contributed by atoms with E-state index in [-0.39, 0.29) is 0 Å². The second-order valence-electron chi connectivity index (χ2n) is 4.78. The van der Waals surface area contributed by atoms with Crippen LogP contribution in [0.5, 0.6) is 0 Å². The largest absolute Gasteiger partial charge is 0.314 e. The summed E-state index contributed by atoms with van der Waals surface area (Å²) in [7, 11) is 0. The molecule has 1 aliphatic rings. The van der Waals surface area contributed by atoms with Gasteiger partial charge in [-0.05, 0) is 38.3 Å². The van der Waals surface area contributed by atoms with Crippen LogP contribution in [0.3, 0.4) is 0 Å². The van der Waals surface area contributed by atoms with Gasteiger partial charge in [0.25, 0.3) is 0 Å². The highest BCUT2D eigenvalue weighted by molar-refractivity contribution is 5.13. The molecule has 90 valence electrons. The van der Waals surface area contributed by atoms with Crippen LogP contribution < -0.4 is 5.32 Å². The number of hydrogen-bond donors (Lipinski definition) is 1. The molecule has 3 heteroatoms. The summed E-state index contributed by atoms with van der Waals surface area (Å²) in [6, 6.07) is 2.88. The van der Waals surface area contributed by atoms with Gasteiger partial charge >= 0.3 is 0 Å². The molecule has 3 unspecified atom stereocenters. The molecule has 16 heavy (non-hydrogen) atoms. The van der Waals surface area contributed by atoms with Gasteiger partial charge in [0.15, 0.2) is 0 Å². The molecule has 0 aromatic carbocycles. The van der Waals surface area contributed by atoms with E-state index < -0.39 is 0 Å². The summed E-state index contributed by atoms with van der Waals surface area (Å²) in [6.07, 6.45) is 4.53. The molecule has 1 fully saturated rings. The third kappa shape index (κ3) is 2.01. The normalized spacial score (nSPS) is 29.8. The number of rotatable bonds is 4. The fourth-order valence-corrected chi connectivity index (χ4v) is 3.05. The van der Waals surface area contributed by atoms with Crippen molar-refractivity contribution in [1.29, 1.82) is 0 Å². The van der Waals surface area contributed by atoms with Crippen molar-refractivity contribution >= 4 is 0 Å². The molecule has 0 saturated heterocycles. The molecule has 1 saturated carbocycles. The van der Waals surface area contributed by atoms with E-state index in [0.29, 0.717) is 12.0 Å². The minimum Gasteiger partial charge on any atom is -0.314 e. The molecule has 2 rings (SSSR count). The monoisotopic (exact) mass is 221 g/mol. The molecule has 0 spiro atoms. The lowest BCUT2D eigenvalue weighted by molar-refractivity contribution is 0.399. The molecule has 1 aliphatic carbocycles. The lowest BCUT2D eigenvalue weighted by atomic mass is 9.92. The predicted octanol–water partition coefficient (Wildman–Crippen LogP) is 2.39. The van der Waals surface area contributed by atoms with Crippen LogP contribution in [0.4, 0.5) is 0 Å². The van der Waals surface area contributed by atoms with Gasteiger partial charge in [0.1, 0.15) is 0 Å². The molecule has 1 aromatic heterocycles. The summed E-state index contributed by atoms with van der Waals surface area (Å²) in [5.41, 5.74) is 1.43. The molecule has 3 nitrogen and oxygen atoms in total. The molecular formula is C13H23N3. The van der Waals surface area contributed by atoms with Crippen molar-refractivity contribution in [1.82, 2.24) is 15.1 Å². The van der Waals surface area contributed by atoms with E-state index in [1.165, 1.54) is 18.5 Å². The van der Waals surface area contributed by atoms with Crippen molar-refractivity contribution in [3.8, 4) is 0 Å². The first kappa shape index (κ1) is 11.6. The van der Waals surface area contributed by atoms with Crippen LogP contribution in [0, 0.1) is 5.92 Å². The van der Waals surface area contributed by atoms with Crippen LogP contribution in [0.1, 0.15) is 45.2 Å². The minimum absolute atomic E-state index is 0.687. The van der Waals surface area contributed by atoms with E-state index >= 15 is 0 Å². The number of aryl methyl sites for hydroxylation is 1. The highest BCUT2D eigenvalue weighted by Crippen LogP contribution is 2.39. The molecule has 0 amide bonds. The standard InChI is InChI=1S/C13H23N3/c1-4-14-12-7-6-11(10(12)3)13-8-9-15-16(13)5-2/h8-12,14H,4-7H2,1-3H3. The van der Waals surface area contributed by atoms with E-state index in [1.54, 1.807) is 0 Å². The van der Waals surface area contributed by atoms with E-state index in [1.807, 2.05) is 6.20 Å². The maximum absolute atomic E-state index is 4.38. The van der Waals surface area contributed by atoms with Crippen molar-refractivity contribution in [2.24, 2.45) is 5.92 Å². The van der Waals surface area contributed by atoms with Gasteiger partial charge in [0, 0.05) is 30.4 Å². The fourth-order valence-electron chi connectivity index (χ4n) is 3.05. The third-order valence-corrected chi connectivity index (χ3v) is 3.95. The molecule has 0 bridgehead atoms. The molecule has 0 aliphatic heterocycles. The van der Waals surface area contributed by atoms with E-state index in [0.717, 1.165) is 19.0 Å². The number of aromatic nitrogens is 2. The molecule has 1 N–H and O–H groups in total. The molecular weight excluding hydrogens is 198 g/mol. The molecule has 0 radical (unpaired) electrons. The highest BCUT2D eigenvalue weighted by Gasteiger charge is 2.34. The van der Waals surface area contributed by atoms with Gasteiger partial charge < -0.3 is 5.32 Å². The van der Waals surface area contributed by atoms with Gasteiger partial charge in [-0.1, -0.05) is 13.8 Å². The van der Waals surface area contributed by atoms with E-state index in [9.17, 15) is 0 Å². The van der Waals surface area contributed by atoms with Crippen molar-refractivity contribution in [3.05, 3.63) is 18.0 Å². The first-order valence-electron chi connectivity index (χ1n) is 6.53. The van der Waals surface area contributed by atoms with Gasteiger partial charge in [-0.15, -0.1) is 0 Å². The SMILES string of the molecule is CCNC1CCC(c2ccnn2CC)C1C. The first-order valence-corrected chi connectivity index (χ1v) is 6.53. The van der Waals surface area contributed by atoms with Gasteiger partial charge in [-0.25, -0.2) is 0 Å². The fraction of sp³-hybridized carbons (Fsp3) is 0.769. The Labute approximate surface area is 98.2 Å². The van der Waals surface area contributed by atoms with Crippen LogP contribution in [0.15, 0.2) is 12.3 Å². The average molecular weight is 221 g/mol. The lowest BCUT2D eigenvalue weighted by Crippen LogP contribution is -2.32. The summed E-state index contributed by atoms with van der Waals surface area (Å²) in [6.45, 7) is 8.79. The van der Waals surface area contributed by atoms with E-state index in [4.69, 9.17) is 0 Å². The number of nitrogens with zero attached hydrogens (tertiary/aromatic N) is 2. The Hall–Kier alpha value is -0.830. The zero-order valence-electron chi connectivity index (χ0n) is 10.6. The zero-order valence-corrected chi connectivity index (χ0v) is 10.6. The second-order valence-corrected chi connectivity index (χ2v) is 4.78. The summed E-state index contributed by atoms with van der Waals surface area (Å²) in [4.78, 5) is 0. The Bertz CT molecular complexity index is 332. The second kappa shape index (κ2) is 5.00. The Kier molecular flexibility index (Phi) is 3.64. The molecule has 1 aromatic rings. The zero-order chi connectivity index (χ0) is 11.5. The Balaban J connectivity index is 2.11. The van der Waals surface area contributed by atoms with Gasteiger partial charge in [-0.3, -0.25) is 4.68 Å². The lowest BCUT2D eigenvalue weighted by Gasteiger charge is -2.21. The van der Waals surface area contributed by atoms with Gasteiger partial charge in [0.05, 0.1) is 0 Å². The average Bonchev–Trinajstić information content (AvgIpc) is 2.87. The Morgan fingerprint density at radius 3 is 2.94 bits per heavy atom. The maximum Gasteiger partial charge on any atom is 0.0492 e. The molecule has 3 atom stereocenters. The van der Waals surface area contributed by atoms with E-state index in [2.05, 4.69) is 41.9 Å². The van der Waals surface area contributed by atoms with Gasteiger partial charge in [-0.2, -0.15) is 5.10 Å². The third-order valence-electron chi connectivity index (χ3n) is 3.95. The van der Waals surface area contributed by atoms with Crippen LogP contribution in [0.25, 0.3) is 0 Å². The topological polar surface area (TPSA) is 29.9 Å². The van der Waals surface area contributed by atoms with Crippen molar-refractivity contribution in [3.63, 3.8) is 0 Å². The summed E-state index contributed by atoms with van der Waals surface area (Å²) in [5.74, 6) is 1.41. The highest BCUT2D eigenvalue weighted by atomic mass is 15.3. The number of nitrogens with one attached hydrogen (secondary N) is 1. The van der Waals surface area contributed by atoms with Crippen molar-refractivity contribution < 1.29 is 0 Å². The summed E-state index contributed by atoms with van der Waals surface area (Å²) < 4.78 is 2.15.